The number of likely N-dealkylation sites (tertiary alicyclic amines) is 2. The van der Waals surface area contributed by atoms with Gasteiger partial charge in [0.2, 0.25) is 5.91 Å². The summed E-state index contributed by atoms with van der Waals surface area (Å²) in [6.07, 6.45) is 8.55. The summed E-state index contributed by atoms with van der Waals surface area (Å²) in [6.45, 7) is 4.36. The molecule has 0 saturated carbocycles. The van der Waals surface area contributed by atoms with Gasteiger partial charge in [0, 0.05) is 29.7 Å². The van der Waals surface area contributed by atoms with Crippen LogP contribution in [0.4, 0.5) is 0 Å². The van der Waals surface area contributed by atoms with Crippen LogP contribution in [0.5, 0.6) is 0 Å². The molecule has 22 heavy (non-hydrogen) atoms. The molecule has 2 aliphatic rings. The van der Waals surface area contributed by atoms with Gasteiger partial charge in [-0.2, -0.15) is 0 Å². The summed E-state index contributed by atoms with van der Waals surface area (Å²) in [4.78, 5) is 17.1. The average molecular weight is 363 g/mol. The third-order valence-electron chi connectivity index (χ3n) is 4.62. The van der Waals surface area contributed by atoms with Gasteiger partial charge in [0.15, 0.2) is 0 Å². The van der Waals surface area contributed by atoms with Gasteiger partial charge in [0.25, 0.3) is 0 Å². The fraction of sp³-hybridized carbons (Fsp3) is 0.500. The number of halogens is 1. The average Bonchev–Trinajstić information content (AvgIpc) is 3.19. The molecule has 0 spiro atoms. The summed E-state index contributed by atoms with van der Waals surface area (Å²) in [5, 5.41) is 0. The molecule has 0 aliphatic carbocycles. The fourth-order valence-electron chi connectivity index (χ4n) is 3.42. The lowest BCUT2D eigenvalue weighted by molar-refractivity contribution is -0.127. The smallest absolute Gasteiger partial charge is 0.246 e. The van der Waals surface area contributed by atoms with Gasteiger partial charge in [-0.15, -0.1) is 0 Å². The Morgan fingerprint density at radius 2 is 1.86 bits per heavy atom. The van der Waals surface area contributed by atoms with E-state index in [-0.39, 0.29) is 5.91 Å². The van der Waals surface area contributed by atoms with Crippen molar-refractivity contribution in [3.05, 3.63) is 40.4 Å². The van der Waals surface area contributed by atoms with E-state index in [4.69, 9.17) is 0 Å². The van der Waals surface area contributed by atoms with E-state index in [2.05, 4.69) is 25.7 Å². The molecule has 1 aromatic carbocycles. The number of carbonyl (C=O) groups excluding carboxylic acids is 1. The lowest BCUT2D eigenvalue weighted by atomic mass is 10.2. The Morgan fingerprint density at radius 1 is 1.14 bits per heavy atom. The van der Waals surface area contributed by atoms with Gasteiger partial charge in [-0.05, 0) is 62.5 Å². The minimum absolute atomic E-state index is 0.157. The highest BCUT2D eigenvalue weighted by atomic mass is 79.9. The zero-order chi connectivity index (χ0) is 15.4. The Bertz CT molecular complexity index is 535. The van der Waals surface area contributed by atoms with Crippen molar-refractivity contribution in [2.75, 3.05) is 26.2 Å². The first-order chi connectivity index (χ1) is 10.7. The molecule has 0 unspecified atom stereocenters. The van der Waals surface area contributed by atoms with Gasteiger partial charge in [-0.25, -0.2) is 0 Å². The van der Waals surface area contributed by atoms with E-state index in [1.165, 1.54) is 25.9 Å². The monoisotopic (exact) mass is 362 g/mol. The summed E-state index contributed by atoms with van der Waals surface area (Å²) >= 11 is 3.42. The molecule has 3 nitrogen and oxygen atoms in total. The molecule has 2 saturated heterocycles. The molecule has 2 aliphatic heterocycles. The van der Waals surface area contributed by atoms with Crippen molar-refractivity contribution in [3.8, 4) is 0 Å². The SMILES string of the molecule is O=C(C=Cc1ccc(Br)cc1)N1CCC[C@H]1CN1CCCC1. The molecule has 118 valence electrons. The normalized spacial score (nSPS) is 22.8. The molecule has 3 rings (SSSR count). The van der Waals surface area contributed by atoms with Crippen molar-refractivity contribution in [1.29, 1.82) is 0 Å². The van der Waals surface area contributed by atoms with Crippen LogP contribution in [0.25, 0.3) is 6.08 Å². The fourth-order valence-corrected chi connectivity index (χ4v) is 3.68. The molecular formula is C18H23BrN2O. The van der Waals surface area contributed by atoms with E-state index in [0.717, 1.165) is 36.0 Å². The first kappa shape index (κ1) is 15.8. The molecule has 1 aromatic rings. The van der Waals surface area contributed by atoms with Crippen molar-refractivity contribution < 1.29 is 4.79 Å². The third-order valence-corrected chi connectivity index (χ3v) is 5.14. The van der Waals surface area contributed by atoms with Crippen LogP contribution in [-0.2, 0) is 4.79 Å². The highest BCUT2D eigenvalue weighted by Crippen LogP contribution is 2.21. The van der Waals surface area contributed by atoms with Crippen LogP contribution in [0.2, 0.25) is 0 Å². The van der Waals surface area contributed by atoms with Gasteiger partial charge >= 0.3 is 0 Å². The highest BCUT2D eigenvalue weighted by molar-refractivity contribution is 9.10. The number of amides is 1. The summed E-state index contributed by atoms with van der Waals surface area (Å²) in [6, 6.07) is 8.42. The standard InChI is InChI=1S/C18H23BrN2O/c19-16-8-5-15(6-9-16)7-10-18(22)21-13-3-4-17(21)14-20-11-1-2-12-20/h5-10,17H,1-4,11-14H2/t17-/m0/s1. The van der Waals surface area contributed by atoms with Gasteiger partial charge in [0.05, 0.1) is 0 Å². The van der Waals surface area contributed by atoms with Crippen molar-refractivity contribution >= 4 is 27.9 Å². The number of benzene rings is 1. The lowest BCUT2D eigenvalue weighted by Gasteiger charge is -2.27. The topological polar surface area (TPSA) is 23.6 Å². The largest absolute Gasteiger partial charge is 0.335 e. The Kier molecular flexibility index (Phi) is 5.32. The van der Waals surface area contributed by atoms with Crippen molar-refractivity contribution in [1.82, 2.24) is 9.80 Å². The van der Waals surface area contributed by atoms with Crippen molar-refractivity contribution in [2.45, 2.75) is 31.7 Å². The summed E-state index contributed by atoms with van der Waals surface area (Å²) in [5.41, 5.74) is 1.06. The maximum Gasteiger partial charge on any atom is 0.246 e. The molecule has 2 heterocycles. The van der Waals surface area contributed by atoms with Crippen LogP contribution in [0, 0.1) is 0 Å². The first-order valence-electron chi connectivity index (χ1n) is 8.19. The maximum absolute atomic E-state index is 12.5. The molecule has 1 atom stereocenters. The maximum atomic E-state index is 12.5. The van der Waals surface area contributed by atoms with Crippen molar-refractivity contribution in [3.63, 3.8) is 0 Å². The van der Waals surface area contributed by atoms with Gasteiger partial charge in [0.1, 0.15) is 0 Å². The number of hydrogen-bond acceptors (Lipinski definition) is 2. The van der Waals surface area contributed by atoms with E-state index >= 15 is 0 Å². The van der Waals surface area contributed by atoms with E-state index in [0.29, 0.717) is 6.04 Å². The van der Waals surface area contributed by atoms with Gasteiger partial charge < -0.3 is 9.80 Å². The van der Waals surface area contributed by atoms with E-state index < -0.39 is 0 Å². The van der Waals surface area contributed by atoms with Crippen LogP contribution in [0.15, 0.2) is 34.8 Å². The Morgan fingerprint density at radius 3 is 2.59 bits per heavy atom. The van der Waals surface area contributed by atoms with Crippen LogP contribution in [0.3, 0.4) is 0 Å². The predicted octanol–water partition coefficient (Wildman–Crippen LogP) is 3.55. The van der Waals surface area contributed by atoms with Crippen LogP contribution < -0.4 is 0 Å². The molecule has 0 radical (unpaired) electrons. The molecule has 4 heteroatoms. The zero-order valence-corrected chi connectivity index (χ0v) is 14.5. The van der Waals surface area contributed by atoms with Crippen LogP contribution in [0.1, 0.15) is 31.2 Å². The van der Waals surface area contributed by atoms with Crippen LogP contribution >= 0.6 is 15.9 Å². The number of hydrogen-bond donors (Lipinski definition) is 0. The zero-order valence-electron chi connectivity index (χ0n) is 12.9. The Hall–Kier alpha value is -1.13. The molecule has 0 N–H and O–H groups in total. The van der Waals surface area contributed by atoms with Gasteiger partial charge in [-0.3, -0.25) is 4.79 Å². The summed E-state index contributed by atoms with van der Waals surface area (Å²) < 4.78 is 1.06. The molecule has 0 bridgehead atoms. The quantitative estimate of drug-likeness (QED) is 0.764. The van der Waals surface area contributed by atoms with E-state index in [1.54, 1.807) is 6.08 Å². The minimum Gasteiger partial charge on any atom is -0.335 e. The first-order valence-corrected chi connectivity index (χ1v) is 8.98. The predicted molar refractivity (Wildman–Crippen MR) is 93.6 cm³/mol. The Labute approximate surface area is 141 Å². The molecular weight excluding hydrogens is 340 g/mol. The second kappa shape index (κ2) is 7.42. The molecule has 2 fully saturated rings. The van der Waals surface area contributed by atoms with E-state index in [1.807, 2.05) is 30.3 Å². The third kappa shape index (κ3) is 3.99. The number of carbonyl (C=O) groups is 1. The van der Waals surface area contributed by atoms with E-state index in [9.17, 15) is 4.79 Å². The number of rotatable bonds is 4. The minimum atomic E-state index is 0.157. The van der Waals surface area contributed by atoms with Crippen LogP contribution in [-0.4, -0.2) is 47.9 Å². The second-order valence-electron chi connectivity index (χ2n) is 6.22. The van der Waals surface area contributed by atoms with Crippen molar-refractivity contribution in [2.24, 2.45) is 0 Å². The summed E-state index contributed by atoms with van der Waals surface area (Å²) in [5.74, 6) is 0.157. The summed E-state index contributed by atoms with van der Waals surface area (Å²) in [7, 11) is 0. The highest BCUT2D eigenvalue weighted by Gasteiger charge is 2.29. The molecule has 1 amide bonds. The second-order valence-corrected chi connectivity index (χ2v) is 7.14. The number of nitrogens with zero attached hydrogens (tertiary/aromatic N) is 2. The van der Waals surface area contributed by atoms with Gasteiger partial charge in [-0.1, -0.05) is 28.1 Å². The lowest BCUT2D eigenvalue weighted by Crippen LogP contribution is -2.41. The molecule has 0 aromatic heterocycles. The Balaban J connectivity index is 1.59.